The van der Waals surface area contributed by atoms with E-state index in [0.717, 1.165) is 24.5 Å². The van der Waals surface area contributed by atoms with Gasteiger partial charge in [-0.3, -0.25) is 14.3 Å². The van der Waals surface area contributed by atoms with Crippen LogP contribution in [0.1, 0.15) is 17.8 Å². The zero-order valence-corrected chi connectivity index (χ0v) is 15.3. The molecule has 134 valence electrons. The van der Waals surface area contributed by atoms with Crippen molar-refractivity contribution in [3.63, 3.8) is 0 Å². The summed E-state index contributed by atoms with van der Waals surface area (Å²) in [6.45, 7) is 3.21. The predicted octanol–water partition coefficient (Wildman–Crippen LogP) is 1.08. The van der Waals surface area contributed by atoms with Crippen LogP contribution >= 0.6 is 23.7 Å². The summed E-state index contributed by atoms with van der Waals surface area (Å²) in [6, 6.07) is 1.94. The van der Waals surface area contributed by atoms with Crippen LogP contribution in [-0.2, 0) is 13.0 Å². The Hall–Kier alpha value is -1.81. The lowest BCUT2D eigenvalue weighted by Crippen LogP contribution is -2.44. The van der Waals surface area contributed by atoms with Gasteiger partial charge in [-0.1, -0.05) is 5.16 Å². The largest absolute Gasteiger partial charge is 0.339 e. The molecule has 0 aromatic carbocycles. The van der Waals surface area contributed by atoms with Crippen LogP contribution in [0.3, 0.4) is 0 Å². The second-order valence-corrected chi connectivity index (χ2v) is 6.77. The van der Waals surface area contributed by atoms with Crippen LogP contribution < -0.4 is 10.9 Å². The molecule has 0 spiro atoms. The maximum absolute atomic E-state index is 12.4. The van der Waals surface area contributed by atoms with Gasteiger partial charge in [-0.2, -0.15) is 4.98 Å². The molecule has 0 radical (unpaired) electrons. The van der Waals surface area contributed by atoms with Crippen molar-refractivity contribution in [2.75, 3.05) is 26.7 Å². The Bertz CT molecular complexity index is 907. The van der Waals surface area contributed by atoms with Gasteiger partial charge in [0.05, 0.1) is 17.8 Å². The first-order valence-electron chi connectivity index (χ1n) is 7.88. The number of aryl methyl sites for hydroxylation is 2. The fourth-order valence-electron chi connectivity index (χ4n) is 2.87. The number of nitrogens with one attached hydrogen (secondary N) is 1. The summed E-state index contributed by atoms with van der Waals surface area (Å²) in [5.74, 6) is 1.24. The Morgan fingerprint density at radius 2 is 2.36 bits per heavy atom. The molecule has 1 unspecified atom stereocenters. The van der Waals surface area contributed by atoms with Crippen molar-refractivity contribution in [2.45, 2.75) is 19.0 Å². The number of fused-ring (bicyclic) bond motifs is 1. The summed E-state index contributed by atoms with van der Waals surface area (Å²) in [6.07, 6.45) is 2.09. The van der Waals surface area contributed by atoms with Gasteiger partial charge in [-0.25, -0.2) is 4.98 Å². The quantitative estimate of drug-likeness (QED) is 0.722. The van der Waals surface area contributed by atoms with Crippen molar-refractivity contribution in [3.8, 4) is 0 Å². The van der Waals surface area contributed by atoms with Crippen LogP contribution in [0.5, 0.6) is 0 Å². The minimum Gasteiger partial charge on any atom is -0.339 e. The normalized spacial score (nSPS) is 18.4. The predicted molar refractivity (Wildman–Crippen MR) is 97.4 cm³/mol. The topological polar surface area (TPSA) is 89.1 Å². The SMILES string of the molecule is CN1CCNCC1c1noc(CCn2cnc3sccc3c2=O)n1.Cl. The average molecular weight is 383 g/mol. The maximum Gasteiger partial charge on any atom is 0.262 e. The van der Waals surface area contributed by atoms with Crippen LogP contribution in [0.4, 0.5) is 0 Å². The van der Waals surface area contributed by atoms with E-state index >= 15 is 0 Å². The summed E-state index contributed by atoms with van der Waals surface area (Å²) in [5.41, 5.74) is -0.0304. The third kappa shape index (κ3) is 3.59. The number of likely N-dealkylation sites (N-methyl/N-ethyl adjacent to an activating group) is 1. The molecule has 1 aliphatic heterocycles. The van der Waals surface area contributed by atoms with E-state index in [1.807, 2.05) is 11.4 Å². The molecule has 1 saturated heterocycles. The van der Waals surface area contributed by atoms with E-state index in [1.54, 1.807) is 10.9 Å². The number of piperazine rings is 1. The smallest absolute Gasteiger partial charge is 0.262 e. The van der Waals surface area contributed by atoms with Gasteiger partial charge in [-0.05, 0) is 18.5 Å². The van der Waals surface area contributed by atoms with Gasteiger partial charge in [0.1, 0.15) is 4.83 Å². The summed E-state index contributed by atoms with van der Waals surface area (Å²) < 4.78 is 6.94. The van der Waals surface area contributed by atoms with E-state index < -0.39 is 0 Å². The van der Waals surface area contributed by atoms with Crippen molar-refractivity contribution in [2.24, 2.45) is 0 Å². The number of rotatable bonds is 4. The minimum atomic E-state index is -0.0304. The minimum absolute atomic E-state index is 0. The number of halogens is 1. The Kier molecular flexibility index (Phi) is 5.48. The van der Waals surface area contributed by atoms with E-state index in [-0.39, 0.29) is 24.0 Å². The highest BCUT2D eigenvalue weighted by Crippen LogP contribution is 2.18. The monoisotopic (exact) mass is 382 g/mol. The Morgan fingerprint density at radius 1 is 1.48 bits per heavy atom. The third-order valence-corrected chi connectivity index (χ3v) is 5.13. The lowest BCUT2D eigenvalue weighted by atomic mass is 10.2. The van der Waals surface area contributed by atoms with Gasteiger partial charge in [0.25, 0.3) is 5.56 Å². The highest BCUT2D eigenvalue weighted by atomic mass is 35.5. The van der Waals surface area contributed by atoms with Gasteiger partial charge in [0.2, 0.25) is 5.89 Å². The van der Waals surface area contributed by atoms with Crippen LogP contribution in [0.2, 0.25) is 0 Å². The van der Waals surface area contributed by atoms with Crippen molar-refractivity contribution in [1.29, 1.82) is 0 Å². The van der Waals surface area contributed by atoms with Gasteiger partial charge >= 0.3 is 0 Å². The summed E-state index contributed by atoms with van der Waals surface area (Å²) in [4.78, 5) is 24.1. The molecule has 3 aromatic rings. The van der Waals surface area contributed by atoms with Gasteiger partial charge in [0.15, 0.2) is 5.82 Å². The lowest BCUT2D eigenvalue weighted by molar-refractivity contribution is 0.190. The second-order valence-electron chi connectivity index (χ2n) is 5.88. The highest BCUT2D eigenvalue weighted by molar-refractivity contribution is 7.16. The van der Waals surface area contributed by atoms with Gasteiger partial charge in [-0.15, -0.1) is 23.7 Å². The number of hydrogen-bond acceptors (Lipinski definition) is 8. The molecule has 0 amide bonds. The molecule has 25 heavy (non-hydrogen) atoms. The number of aromatic nitrogens is 4. The van der Waals surface area contributed by atoms with Crippen LogP contribution in [-0.4, -0.2) is 51.3 Å². The highest BCUT2D eigenvalue weighted by Gasteiger charge is 2.25. The lowest BCUT2D eigenvalue weighted by Gasteiger charge is -2.30. The number of hydrogen-bond donors (Lipinski definition) is 1. The number of thiophene rings is 1. The Labute approximate surface area is 154 Å². The molecule has 4 rings (SSSR count). The van der Waals surface area contributed by atoms with Crippen molar-refractivity contribution >= 4 is 34.0 Å². The first-order valence-corrected chi connectivity index (χ1v) is 8.76. The standard InChI is InChI=1S/C15H18N6O2S.ClH/c1-20-6-4-16-8-11(20)13-18-12(23-19-13)2-5-21-9-17-14-10(15(21)22)3-7-24-14;/h3,7,9,11,16H,2,4-6,8H2,1H3;1H. The van der Waals surface area contributed by atoms with Crippen molar-refractivity contribution in [3.05, 3.63) is 39.8 Å². The summed E-state index contributed by atoms with van der Waals surface area (Å²) in [5, 5.41) is 9.97. The molecule has 0 bridgehead atoms. The van der Waals surface area contributed by atoms with Crippen LogP contribution in [0, 0.1) is 0 Å². The molecule has 1 fully saturated rings. The van der Waals surface area contributed by atoms with E-state index in [0.29, 0.717) is 30.1 Å². The zero-order valence-electron chi connectivity index (χ0n) is 13.7. The number of nitrogens with zero attached hydrogens (tertiary/aromatic N) is 5. The molecule has 1 N–H and O–H groups in total. The zero-order chi connectivity index (χ0) is 16.5. The Balaban J connectivity index is 0.00000182. The molecule has 1 atom stereocenters. The summed E-state index contributed by atoms with van der Waals surface area (Å²) in [7, 11) is 2.06. The van der Waals surface area contributed by atoms with Crippen LogP contribution in [0.15, 0.2) is 27.1 Å². The molecule has 0 aliphatic carbocycles. The van der Waals surface area contributed by atoms with E-state index in [2.05, 4.69) is 32.4 Å². The van der Waals surface area contributed by atoms with Crippen molar-refractivity contribution < 1.29 is 4.52 Å². The van der Waals surface area contributed by atoms with E-state index in [4.69, 9.17) is 4.52 Å². The molecule has 0 saturated carbocycles. The van der Waals surface area contributed by atoms with E-state index in [1.165, 1.54) is 11.3 Å². The van der Waals surface area contributed by atoms with Gasteiger partial charge < -0.3 is 9.84 Å². The first-order chi connectivity index (χ1) is 11.7. The third-order valence-electron chi connectivity index (χ3n) is 4.31. The molecule has 8 nitrogen and oxygen atoms in total. The molecule has 10 heteroatoms. The van der Waals surface area contributed by atoms with Crippen molar-refractivity contribution in [1.82, 2.24) is 29.9 Å². The second kappa shape index (κ2) is 7.61. The molecule has 4 heterocycles. The maximum atomic E-state index is 12.4. The molecule has 3 aromatic heterocycles. The molecular weight excluding hydrogens is 364 g/mol. The molecular formula is C15H19ClN6O2S. The fraction of sp³-hybridized carbons (Fsp3) is 0.467. The molecule has 1 aliphatic rings. The fourth-order valence-corrected chi connectivity index (χ4v) is 3.59. The average Bonchev–Trinajstić information content (AvgIpc) is 3.24. The summed E-state index contributed by atoms with van der Waals surface area (Å²) >= 11 is 1.47. The van der Waals surface area contributed by atoms with Crippen LogP contribution in [0.25, 0.3) is 10.2 Å². The van der Waals surface area contributed by atoms with E-state index in [9.17, 15) is 4.79 Å². The van der Waals surface area contributed by atoms with Gasteiger partial charge in [0, 0.05) is 32.6 Å². The Morgan fingerprint density at radius 3 is 3.20 bits per heavy atom. The first kappa shape index (κ1) is 18.0.